The summed E-state index contributed by atoms with van der Waals surface area (Å²) in [6.45, 7) is 0.710. The van der Waals surface area contributed by atoms with Gasteiger partial charge in [-0.25, -0.2) is 0 Å². The molecule has 2 heterocycles. The van der Waals surface area contributed by atoms with Gasteiger partial charge in [0.1, 0.15) is 11.3 Å². The third-order valence-corrected chi connectivity index (χ3v) is 5.90. The van der Waals surface area contributed by atoms with Gasteiger partial charge in [0.15, 0.2) is 0 Å². The molecule has 1 N–H and O–H groups in total. The SMILES string of the molecule is CN(C)C(=O)C1(NC(=O)c2cncc(-c3ccc4c(c3)CCO4)c2)CCCCC1. The molecule has 0 atom stereocenters. The summed E-state index contributed by atoms with van der Waals surface area (Å²) >= 11 is 0. The van der Waals surface area contributed by atoms with E-state index in [-0.39, 0.29) is 11.8 Å². The highest BCUT2D eigenvalue weighted by molar-refractivity contribution is 5.99. The zero-order valence-corrected chi connectivity index (χ0v) is 17.0. The Morgan fingerprint density at radius 1 is 1.07 bits per heavy atom. The molecule has 2 amide bonds. The number of benzene rings is 1. The van der Waals surface area contributed by atoms with Crippen LogP contribution in [0.15, 0.2) is 36.7 Å². The van der Waals surface area contributed by atoms with Crippen LogP contribution in [-0.2, 0) is 11.2 Å². The Morgan fingerprint density at radius 2 is 1.86 bits per heavy atom. The standard InChI is InChI=1S/C23H27N3O3/c1-26(2)22(28)23(9-4-3-5-10-23)25-21(27)19-13-18(14-24-15-19)16-6-7-20-17(12-16)8-11-29-20/h6-7,12-15H,3-5,8-11H2,1-2H3,(H,25,27). The molecule has 0 unspecified atom stereocenters. The Bertz CT molecular complexity index is 933. The second-order valence-electron chi connectivity index (χ2n) is 8.18. The Hall–Kier alpha value is -2.89. The number of aromatic nitrogens is 1. The third-order valence-electron chi connectivity index (χ3n) is 5.90. The van der Waals surface area contributed by atoms with Crippen molar-refractivity contribution < 1.29 is 14.3 Å². The van der Waals surface area contributed by atoms with Gasteiger partial charge in [-0.15, -0.1) is 0 Å². The van der Waals surface area contributed by atoms with E-state index >= 15 is 0 Å². The van der Waals surface area contributed by atoms with Crippen molar-refractivity contribution in [2.75, 3.05) is 20.7 Å². The van der Waals surface area contributed by atoms with Gasteiger partial charge in [-0.3, -0.25) is 14.6 Å². The maximum Gasteiger partial charge on any atom is 0.253 e. The number of pyridine rings is 1. The molecule has 152 valence electrons. The Labute approximate surface area is 171 Å². The minimum Gasteiger partial charge on any atom is -0.493 e. The zero-order chi connectivity index (χ0) is 20.4. The topological polar surface area (TPSA) is 71.5 Å². The number of carbonyl (C=O) groups excluding carboxylic acids is 2. The highest BCUT2D eigenvalue weighted by Gasteiger charge is 2.42. The summed E-state index contributed by atoms with van der Waals surface area (Å²) in [7, 11) is 3.48. The maximum absolute atomic E-state index is 13.1. The van der Waals surface area contributed by atoms with E-state index in [1.54, 1.807) is 31.4 Å². The van der Waals surface area contributed by atoms with Crippen LogP contribution in [0.1, 0.15) is 48.0 Å². The molecule has 0 bridgehead atoms. The van der Waals surface area contributed by atoms with E-state index in [2.05, 4.69) is 16.4 Å². The minimum absolute atomic E-state index is 0.0340. The number of nitrogens with zero attached hydrogens (tertiary/aromatic N) is 2. The van der Waals surface area contributed by atoms with Crippen molar-refractivity contribution in [2.24, 2.45) is 0 Å². The van der Waals surface area contributed by atoms with Gasteiger partial charge in [-0.05, 0) is 42.2 Å². The first-order valence-corrected chi connectivity index (χ1v) is 10.2. The molecule has 4 rings (SSSR count). The van der Waals surface area contributed by atoms with Crippen molar-refractivity contribution in [1.82, 2.24) is 15.2 Å². The van der Waals surface area contributed by atoms with Gasteiger partial charge in [-0.1, -0.05) is 25.3 Å². The molecule has 6 nitrogen and oxygen atoms in total. The molecule has 2 aromatic rings. The number of amides is 2. The van der Waals surface area contributed by atoms with E-state index in [4.69, 9.17) is 4.74 Å². The van der Waals surface area contributed by atoms with Crippen molar-refractivity contribution in [2.45, 2.75) is 44.1 Å². The van der Waals surface area contributed by atoms with E-state index in [0.717, 1.165) is 42.6 Å². The summed E-state index contributed by atoms with van der Waals surface area (Å²) in [6.07, 6.45) is 8.54. The smallest absolute Gasteiger partial charge is 0.253 e. The molecule has 0 radical (unpaired) electrons. The lowest BCUT2D eigenvalue weighted by atomic mass is 9.80. The van der Waals surface area contributed by atoms with Gasteiger partial charge in [-0.2, -0.15) is 0 Å². The van der Waals surface area contributed by atoms with Gasteiger partial charge >= 0.3 is 0 Å². The fourth-order valence-corrected chi connectivity index (χ4v) is 4.35. The lowest BCUT2D eigenvalue weighted by Crippen LogP contribution is -2.59. The number of ether oxygens (including phenoxy) is 1. The fourth-order valence-electron chi connectivity index (χ4n) is 4.35. The van der Waals surface area contributed by atoms with E-state index in [1.165, 1.54) is 5.56 Å². The number of hydrogen-bond acceptors (Lipinski definition) is 4. The van der Waals surface area contributed by atoms with Crippen molar-refractivity contribution in [3.05, 3.63) is 47.8 Å². The number of likely N-dealkylation sites (N-methyl/N-ethyl adjacent to an activating group) is 1. The Kier molecular flexibility index (Phi) is 5.26. The lowest BCUT2D eigenvalue weighted by molar-refractivity contribution is -0.136. The molecule has 1 aromatic heterocycles. The summed E-state index contributed by atoms with van der Waals surface area (Å²) in [5.74, 6) is 0.645. The molecule has 29 heavy (non-hydrogen) atoms. The van der Waals surface area contributed by atoms with Crippen molar-refractivity contribution >= 4 is 11.8 Å². The molecule has 2 aliphatic rings. The molecule has 1 aliphatic carbocycles. The monoisotopic (exact) mass is 393 g/mol. The van der Waals surface area contributed by atoms with E-state index < -0.39 is 5.54 Å². The summed E-state index contributed by atoms with van der Waals surface area (Å²) in [5.41, 5.74) is 2.71. The van der Waals surface area contributed by atoms with Crippen LogP contribution in [0.25, 0.3) is 11.1 Å². The second-order valence-corrected chi connectivity index (χ2v) is 8.18. The van der Waals surface area contributed by atoms with Crippen LogP contribution >= 0.6 is 0 Å². The molecule has 0 saturated heterocycles. The summed E-state index contributed by atoms with van der Waals surface area (Å²) < 4.78 is 5.57. The van der Waals surface area contributed by atoms with Gasteiger partial charge in [0.25, 0.3) is 5.91 Å². The van der Waals surface area contributed by atoms with E-state index in [0.29, 0.717) is 25.0 Å². The second kappa shape index (κ2) is 7.85. The van der Waals surface area contributed by atoms with Crippen LogP contribution in [0.5, 0.6) is 5.75 Å². The van der Waals surface area contributed by atoms with Gasteiger partial charge < -0.3 is 15.0 Å². The molecule has 1 aliphatic heterocycles. The van der Waals surface area contributed by atoms with Crippen molar-refractivity contribution in [3.63, 3.8) is 0 Å². The Morgan fingerprint density at radius 3 is 2.62 bits per heavy atom. The molecular weight excluding hydrogens is 366 g/mol. The number of hydrogen-bond donors (Lipinski definition) is 1. The van der Waals surface area contributed by atoms with Crippen molar-refractivity contribution in [1.29, 1.82) is 0 Å². The fraction of sp³-hybridized carbons (Fsp3) is 0.435. The van der Waals surface area contributed by atoms with Gasteiger partial charge in [0, 0.05) is 38.5 Å². The van der Waals surface area contributed by atoms with Crippen molar-refractivity contribution in [3.8, 4) is 16.9 Å². The first-order valence-electron chi connectivity index (χ1n) is 10.2. The predicted molar refractivity (Wildman–Crippen MR) is 111 cm³/mol. The van der Waals surface area contributed by atoms with Crippen LogP contribution in [0, 0.1) is 0 Å². The number of fused-ring (bicyclic) bond motifs is 1. The highest BCUT2D eigenvalue weighted by Crippen LogP contribution is 2.32. The van der Waals surface area contributed by atoms with Gasteiger partial charge in [0.05, 0.1) is 12.2 Å². The lowest BCUT2D eigenvalue weighted by Gasteiger charge is -2.38. The first-order chi connectivity index (χ1) is 14.0. The maximum atomic E-state index is 13.1. The largest absolute Gasteiger partial charge is 0.493 e. The number of carbonyl (C=O) groups is 2. The third kappa shape index (κ3) is 3.84. The minimum atomic E-state index is -0.820. The molecular formula is C23H27N3O3. The van der Waals surface area contributed by atoms with Crippen LogP contribution in [-0.4, -0.2) is 47.9 Å². The number of nitrogens with one attached hydrogen (secondary N) is 1. The molecule has 1 aromatic carbocycles. The van der Waals surface area contributed by atoms with Crippen LogP contribution in [0.3, 0.4) is 0 Å². The summed E-state index contributed by atoms with van der Waals surface area (Å²) in [5, 5.41) is 3.06. The number of rotatable bonds is 4. The molecule has 6 heteroatoms. The van der Waals surface area contributed by atoms with Crippen LogP contribution < -0.4 is 10.1 Å². The van der Waals surface area contributed by atoms with Crippen LogP contribution in [0.2, 0.25) is 0 Å². The van der Waals surface area contributed by atoms with E-state index in [9.17, 15) is 9.59 Å². The molecule has 1 saturated carbocycles. The summed E-state index contributed by atoms with van der Waals surface area (Å²) in [6, 6.07) is 7.90. The molecule has 0 spiro atoms. The molecule has 1 fully saturated rings. The predicted octanol–water partition coefficient (Wildman–Crippen LogP) is 3.20. The first kappa shape index (κ1) is 19.4. The Balaban J connectivity index is 1.59. The van der Waals surface area contributed by atoms with Gasteiger partial charge in [0.2, 0.25) is 5.91 Å². The summed E-state index contributed by atoms with van der Waals surface area (Å²) in [4.78, 5) is 31.8. The average molecular weight is 393 g/mol. The highest BCUT2D eigenvalue weighted by atomic mass is 16.5. The quantitative estimate of drug-likeness (QED) is 0.866. The zero-order valence-electron chi connectivity index (χ0n) is 17.0. The van der Waals surface area contributed by atoms with E-state index in [1.807, 2.05) is 18.2 Å². The average Bonchev–Trinajstić information content (AvgIpc) is 3.21. The van der Waals surface area contributed by atoms with Crippen LogP contribution in [0.4, 0.5) is 0 Å². The normalized spacial score (nSPS) is 17.2.